The monoisotopic (exact) mass is 218 g/mol. The fourth-order valence-electron chi connectivity index (χ4n) is 2.05. The molecule has 1 saturated carbocycles. The van der Waals surface area contributed by atoms with Crippen molar-refractivity contribution in [2.75, 3.05) is 13.3 Å². The van der Waals surface area contributed by atoms with E-state index >= 15 is 0 Å². The topological polar surface area (TPSA) is 26.3 Å². The lowest BCUT2D eigenvalue weighted by Crippen LogP contribution is -2.14. The summed E-state index contributed by atoms with van der Waals surface area (Å²) in [6.07, 6.45) is 8.15. The zero-order chi connectivity index (χ0) is 10.4. The summed E-state index contributed by atoms with van der Waals surface area (Å²) in [4.78, 5) is 0. The van der Waals surface area contributed by atoms with Gasteiger partial charge in [0, 0.05) is 12.3 Å². The maximum absolute atomic E-state index is 12.2. The normalized spacial score (nSPS) is 23.3. The molecule has 0 aromatic carbocycles. The lowest BCUT2D eigenvalue weighted by atomic mass is 10.0. The number of hydrogen-bond donors (Lipinski definition) is 0. The molecular weight excluding hydrogens is 195 g/mol. The minimum absolute atomic E-state index is 0.355. The summed E-state index contributed by atoms with van der Waals surface area (Å²) < 4.78 is 17.8. The molecule has 1 aliphatic rings. The molecule has 0 heterocycles. The number of hydrogen-bond acceptors (Lipinski definition) is 2. The van der Waals surface area contributed by atoms with Gasteiger partial charge in [0.15, 0.2) is 0 Å². The van der Waals surface area contributed by atoms with Crippen LogP contribution in [-0.4, -0.2) is 18.9 Å². The molecule has 0 bridgehead atoms. The van der Waals surface area contributed by atoms with Crippen molar-refractivity contribution < 1.29 is 9.09 Å². The first-order valence-corrected chi connectivity index (χ1v) is 8.02. The van der Waals surface area contributed by atoms with Crippen LogP contribution >= 0.6 is 7.37 Å². The third-order valence-corrected chi connectivity index (χ3v) is 5.62. The Hall–Kier alpha value is 0.190. The van der Waals surface area contributed by atoms with Crippen molar-refractivity contribution in [3.8, 4) is 0 Å². The van der Waals surface area contributed by atoms with Gasteiger partial charge in [0.1, 0.15) is 0 Å². The minimum atomic E-state index is -2.30. The highest BCUT2D eigenvalue weighted by atomic mass is 31.2. The summed E-state index contributed by atoms with van der Waals surface area (Å²) in [5.41, 5.74) is 0.355. The van der Waals surface area contributed by atoms with Gasteiger partial charge in [-0.15, -0.1) is 0 Å². The average molecular weight is 218 g/mol. The molecule has 3 heteroatoms. The van der Waals surface area contributed by atoms with Gasteiger partial charge in [-0.05, 0) is 19.3 Å². The summed E-state index contributed by atoms with van der Waals surface area (Å²) in [6.45, 7) is 4.64. The lowest BCUT2D eigenvalue weighted by molar-refractivity contribution is 0.295. The first-order chi connectivity index (χ1) is 6.67. The molecule has 1 unspecified atom stereocenters. The molecule has 0 N–H and O–H groups in total. The second kappa shape index (κ2) is 5.92. The van der Waals surface area contributed by atoms with Gasteiger partial charge in [0.25, 0.3) is 0 Å². The Labute approximate surface area is 87.9 Å². The van der Waals surface area contributed by atoms with Crippen LogP contribution in [0.25, 0.3) is 0 Å². The molecule has 0 aliphatic heterocycles. The van der Waals surface area contributed by atoms with Gasteiger partial charge in [-0.1, -0.05) is 32.6 Å². The maximum atomic E-state index is 12.2. The molecule has 2 nitrogen and oxygen atoms in total. The van der Waals surface area contributed by atoms with Crippen LogP contribution in [0.4, 0.5) is 0 Å². The second-order valence-corrected chi connectivity index (χ2v) is 7.19. The van der Waals surface area contributed by atoms with Crippen molar-refractivity contribution in [1.82, 2.24) is 0 Å². The quantitative estimate of drug-likeness (QED) is 0.514. The summed E-state index contributed by atoms with van der Waals surface area (Å²) in [5, 5.41) is 0. The lowest BCUT2D eigenvalue weighted by Gasteiger charge is -2.27. The molecule has 0 radical (unpaired) electrons. The fraction of sp³-hybridized carbons (Fsp3) is 1.00. The maximum Gasteiger partial charge on any atom is 0.203 e. The van der Waals surface area contributed by atoms with E-state index in [-0.39, 0.29) is 0 Å². The van der Waals surface area contributed by atoms with Crippen LogP contribution in [0, 0.1) is 0 Å². The summed E-state index contributed by atoms with van der Waals surface area (Å²) in [7, 11) is -2.30. The third kappa shape index (κ3) is 3.74. The highest BCUT2D eigenvalue weighted by molar-refractivity contribution is 7.58. The summed E-state index contributed by atoms with van der Waals surface area (Å²) in [6, 6.07) is 0. The number of unbranched alkanes of at least 4 members (excludes halogenated alkanes) is 1. The van der Waals surface area contributed by atoms with Gasteiger partial charge in [-0.25, -0.2) is 0 Å². The molecule has 0 spiro atoms. The van der Waals surface area contributed by atoms with Gasteiger partial charge < -0.3 is 4.52 Å². The van der Waals surface area contributed by atoms with Gasteiger partial charge in [0.2, 0.25) is 7.37 Å². The summed E-state index contributed by atoms with van der Waals surface area (Å²) >= 11 is 0. The first-order valence-electron chi connectivity index (χ1n) is 5.88. The van der Waals surface area contributed by atoms with Gasteiger partial charge >= 0.3 is 0 Å². The molecule has 0 amide bonds. The molecule has 0 saturated heterocycles. The molecule has 1 aliphatic carbocycles. The fourth-order valence-corrected chi connectivity index (χ4v) is 4.05. The Morgan fingerprint density at radius 2 is 1.93 bits per heavy atom. The van der Waals surface area contributed by atoms with Crippen LogP contribution in [0.5, 0.6) is 0 Å². The standard InChI is InChI=1S/C11H23O2P/c1-3-4-10-13-14(2,12)11-8-6-5-7-9-11/h11H,3-10H2,1-2H3. The van der Waals surface area contributed by atoms with Crippen LogP contribution in [0.3, 0.4) is 0 Å². The van der Waals surface area contributed by atoms with Crippen LogP contribution in [0.15, 0.2) is 0 Å². The van der Waals surface area contributed by atoms with Crippen LogP contribution in [0.2, 0.25) is 0 Å². The highest BCUT2D eigenvalue weighted by Crippen LogP contribution is 2.53. The average Bonchev–Trinajstić information content (AvgIpc) is 2.19. The van der Waals surface area contributed by atoms with Crippen molar-refractivity contribution >= 4 is 7.37 Å². The Morgan fingerprint density at radius 1 is 1.29 bits per heavy atom. The molecule has 1 fully saturated rings. The van der Waals surface area contributed by atoms with Crippen LogP contribution in [-0.2, 0) is 9.09 Å². The van der Waals surface area contributed by atoms with E-state index in [0.717, 1.165) is 25.7 Å². The van der Waals surface area contributed by atoms with E-state index in [9.17, 15) is 4.57 Å². The molecule has 0 aromatic heterocycles. The van der Waals surface area contributed by atoms with E-state index < -0.39 is 7.37 Å². The van der Waals surface area contributed by atoms with E-state index in [1.807, 2.05) is 6.66 Å². The Kier molecular flexibility index (Phi) is 5.19. The van der Waals surface area contributed by atoms with E-state index in [1.165, 1.54) is 19.3 Å². The molecule has 0 aromatic rings. The zero-order valence-corrected chi connectivity index (χ0v) is 10.4. The van der Waals surface area contributed by atoms with E-state index in [0.29, 0.717) is 12.3 Å². The minimum Gasteiger partial charge on any atom is -0.328 e. The van der Waals surface area contributed by atoms with Crippen LogP contribution in [0.1, 0.15) is 51.9 Å². The molecule has 1 rings (SSSR count). The van der Waals surface area contributed by atoms with Gasteiger partial charge in [0.05, 0.1) is 6.61 Å². The summed E-state index contributed by atoms with van der Waals surface area (Å²) in [5.74, 6) is 0. The van der Waals surface area contributed by atoms with Gasteiger partial charge in [-0.3, -0.25) is 4.57 Å². The molecule has 14 heavy (non-hydrogen) atoms. The smallest absolute Gasteiger partial charge is 0.203 e. The largest absolute Gasteiger partial charge is 0.328 e. The first kappa shape index (κ1) is 12.3. The van der Waals surface area contributed by atoms with Crippen LogP contribution < -0.4 is 0 Å². The van der Waals surface area contributed by atoms with E-state index in [1.54, 1.807) is 0 Å². The number of rotatable bonds is 5. The highest BCUT2D eigenvalue weighted by Gasteiger charge is 2.29. The van der Waals surface area contributed by atoms with Crippen molar-refractivity contribution in [1.29, 1.82) is 0 Å². The van der Waals surface area contributed by atoms with E-state index in [2.05, 4.69) is 6.92 Å². The zero-order valence-electron chi connectivity index (χ0n) is 9.50. The Balaban J connectivity index is 2.34. The van der Waals surface area contributed by atoms with Gasteiger partial charge in [-0.2, -0.15) is 0 Å². The molecular formula is C11H23O2P. The third-order valence-electron chi connectivity index (χ3n) is 3.08. The van der Waals surface area contributed by atoms with Crippen molar-refractivity contribution in [3.63, 3.8) is 0 Å². The Bertz CT molecular complexity index is 197. The molecule has 1 atom stereocenters. The Morgan fingerprint density at radius 3 is 2.50 bits per heavy atom. The SMILES string of the molecule is CCCCOP(C)(=O)C1CCCCC1. The predicted molar refractivity (Wildman–Crippen MR) is 61.3 cm³/mol. The van der Waals surface area contributed by atoms with Crippen molar-refractivity contribution in [2.45, 2.75) is 57.5 Å². The predicted octanol–water partition coefficient (Wildman–Crippen LogP) is 4.04. The molecule has 84 valence electrons. The van der Waals surface area contributed by atoms with Crippen molar-refractivity contribution in [3.05, 3.63) is 0 Å². The van der Waals surface area contributed by atoms with Crippen molar-refractivity contribution in [2.24, 2.45) is 0 Å². The van der Waals surface area contributed by atoms with E-state index in [4.69, 9.17) is 4.52 Å². The second-order valence-electron chi connectivity index (χ2n) is 4.39.